The van der Waals surface area contributed by atoms with Crippen molar-refractivity contribution in [3.05, 3.63) is 89.0 Å². The van der Waals surface area contributed by atoms with E-state index in [9.17, 15) is 23.1 Å². The third-order valence-electron chi connectivity index (χ3n) is 4.33. The number of sulfonamides is 1. The van der Waals surface area contributed by atoms with Crippen LogP contribution in [0.2, 0.25) is 0 Å². The first-order valence-electron chi connectivity index (χ1n) is 8.55. The number of carboxylic acid groups (broad SMARTS) is 1. The van der Waals surface area contributed by atoms with Gasteiger partial charge in [-0.1, -0.05) is 35.9 Å². The number of nitrogen functional groups attached to an aromatic ring is 1. The van der Waals surface area contributed by atoms with Crippen LogP contribution in [0.3, 0.4) is 0 Å². The number of benzene rings is 3. The molecule has 148 valence electrons. The summed E-state index contributed by atoms with van der Waals surface area (Å²) in [7, 11) is -3.93. The maximum Gasteiger partial charge on any atom is 0.337 e. The van der Waals surface area contributed by atoms with Gasteiger partial charge in [-0.2, -0.15) is 0 Å². The first-order chi connectivity index (χ1) is 13.7. The average molecular weight is 410 g/mol. The summed E-state index contributed by atoms with van der Waals surface area (Å²) in [4.78, 5) is 24.4. The van der Waals surface area contributed by atoms with Crippen molar-refractivity contribution < 1.29 is 23.1 Å². The first-order valence-corrected chi connectivity index (χ1v) is 10.0. The number of rotatable bonds is 6. The highest BCUT2D eigenvalue weighted by Gasteiger charge is 2.22. The molecule has 0 radical (unpaired) electrons. The molecule has 0 aliphatic rings. The van der Waals surface area contributed by atoms with Crippen LogP contribution in [0.1, 0.15) is 31.8 Å². The SMILES string of the molecule is Cc1ccc(S(=O)(=O)Nc2ccccc2C(=O)c2cccc(C(=O)O)c2N)cc1. The molecule has 0 spiro atoms. The number of carbonyl (C=O) groups excluding carboxylic acids is 1. The van der Waals surface area contributed by atoms with Crippen LogP contribution in [0, 0.1) is 6.92 Å². The van der Waals surface area contributed by atoms with Gasteiger partial charge >= 0.3 is 5.97 Å². The zero-order valence-electron chi connectivity index (χ0n) is 15.4. The molecule has 8 heteroatoms. The largest absolute Gasteiger partial charge is 0.478 e. The molecule has 3 rings (SSSR count). The maximum absolute atomic E-state index is 13.0. The molecule has 0 unspecified atom stereocenters. The average Bonchev–Trinajstić information content (AvgIpc) is 2.68. The highest BCUT2D eigenvalue weighted by Crippen LogP contribution is 2.26. The second-order valence-electron chi connectivity index (χ2n) is 6.37. The molecule has 3 aromatic rings. The lowest BCUT2D eigenvalue weighted by molar-refractivity contribution is 0.0698. The summed E-state index contributed by atoms with van der Waals surface area (Å²) in [6.45, 7) is 1.84. The summed E-state index contributed by atoms with van der Waals surface area (Å²) in [6, 6.07) is 16.4. The number of carbonyl (C=O) groups is 2. The minimum absolute atomic E-state index is 0.0214. The zero-order chi connectivity index (χ0) is 21.2. The molecule has 0 fully saturated rings. The van der Waals surface area contributed by atoms with Gasteiger partial charge in [0, 0.05) is 11.1 Å². The van der Waals surface area contributed by atoms with Crippen LogP contribution in [-0.2, 0) is 10.0 Å². The molecule has 4 N–H and O–H groups in total. The number of aromatic carboxylic acids is 1. The molecule has 0 aromatic heterocycles. The fraction of sp³-hybridized carbons (Fsp3) is 0.0476. The Morgan fingerprint density at radius 3 is 2.10 bits per heavy atom. The van der Waals surface area contributed by atoms with E-state index in [1.807, 2.05) is 6.92 Å². The van der Waals surface area contributed by atoms with E-state index in [0.29, 0.717) is 0 Å². The third-order valence-corrected chi connectivity index (χ3v) is 5.71. The van der Waals surface area contributed by atoms with Crippen molar-refractivity contribution in [2.24, 2.45) is 0 Å². The Balaban J connectivity index is 2.02. The number of carboxylic acids is 1. The number of anilines is 2. The van der Waals surface area contributed by atoms with Gasteiger partial charge in [-0.25, -0.2) is 13.2 Å². The molecule has 0 aliphatic heterocycles. The minimum atomic E-state index is -3.93. The summed E-state index contributed by atoms with van der Waals surface area (Å²) in [5.41, 5.74) is 6.49. The van der Waals surface area contributed by atoms with Gasteiger partial charge in [-0.05, 0) is 43.3 Å². The van der Waals surface area contributed by atoms with Gasteiger partial charge in [0.25, 0.3) is 10.0 Å². The van der Waals surface area contributed by atoms with E-state index in [1.165, 1.54) is 42.5 Å². The van der Waals surface area contributed by atoms with Crippen molar-refractivity contribution >= 4 is 33.2 Å². The topological polar surface area (TPSA) is 127 Å². The minimum Gasteiger partial charge on any atom is -0.478 e. The highest BCUT2D eigenvalue weighted by molar-refractivity contribution is 7.92. The molecule has 0 atom stereocenters. The summed E-state index contributed by atoms with van der Waals surface area (Å²) < 4.78 is 27.8. The van der Waals surface area contributed by atoms with Gasteiger partial charge in [0.15, 0.2) is 5.78 Å². The van der Waals surface area contributed by atoms with Crippen LogP contribution < -0.4 is 10.5 Å². The number of nitrogens with one attached hydrogen (secondary N) is 1. The predicted molar refractivity (Wildman–Crippen MR) is 110 cm³/mol. The van der Waals surface area contributed by atoms with Crippen LogP contribution >= 0.6 is 0 Å². The summed E-state index contributed by atoms with van der Waals surface area (Å²) in [5.74, 6) is -1.85. The molecule has 0 bridgehead atoms. The molecule has 0 amide bonds. The lowest BCUT2D eigenvalue weighted by Crippen LogP contribution is -2.17. The van der Waals surface area contributed by atoms with Gasteiger partial charge in [0.1, 0.15) is 0 Å². The van der Waals surface area contributed by atoms with Crippen molar-refractivity contribution in [2.75, 3.05) is 10.5 Å². The van der Waals surface area contributed by atoms with Gasteiger partial charge in [-0.15, -0.1) is 0 Å². The van der Waals surface area contributed by atoms with Gasteiger partial charge < -0.3 is 10.8 Å². The van der Waals surface area contributed by atoms with E-state index >= 15 is 0 Å². The molecule has 7 nitrogen and oxygen atoms in total. The number of nitrogens with two attached hydrogens (primary N) is 1. The third kappa shape index (κ3) is 4.12. The standard InChI is InChI=1S/C21H18N2O5S/c1-13-9-11-14(12-10-13)29(27,28)23-18-8-3-2-5-15(18)20(24)16-6-4-7-17(19(16)22)21(25)26/h2-12,23H,22H2,1H3,(H,25,26). The fourth-order valence-corrected chi connectivity index (χ4v) is 3.87. The Bertz CT molecular complexity index is 1200. The fourth-order valence-electron chi connectivity index (χ4n) is 2.79. The van der Waals surface area contributed by atoms with Crippen LogP contribution in [0.15, 0.2) is 71.6 Å². The zero-order valence-corrected chi connectivity index (χ0v) is 16.2. The van der Waals surface area contributed by atoms with E-state index in [0.717, 1.165) is 5.56 Å². The van der Waals surface area contributed by atoms with Crippen molar-refractivity contribution in [3.8, 4) is 0 Å². The number of hydrogen-bond acceptors (Lipinski definition) is 5. The molecule has 0 saturated heterocycles. The van der Waals surface area contributed by atoms with E-state index < -0.39 is 21.8 Å². The Kier molecular flexibility index (Phi) is 5.38. The van der Waals surface area contributed by atoms with E-state index in [-0.39, 0.29) is 33.0 Å². The van der Waals surface area contributed by atoms with E-state index in [4.69, 9.17) is 5.73 Å². The summed E-state index contributed by atoms with van der Waals surface area (Å²) in [6.07, 6.45) is 0. The molecule has 3 aromatic carbocycles. The number of aryl methyl sites for hydroxylation is 1. The van der Waals surface area contributed by atoms with Crippen LogP contribution in [0.4, 0.5) is 11.4 Å². The summed E-state index contributed by atoms with van der Waals surface area (Å²) in [5, 5.41) is 9.21. The Morgan fingerprint density at radius 1 is 0.862 bits per heavy atom. The number of hydrogen-bond donors (Lipinski definition) is 3. The second-order valence-corrected chi connectivity index (χ2v) is 8.05. The normalized spacial score (nSPS) is 11.1. The quantitative estimate of drug-likeness (QED) is 0.423. The van der Waals surface area contributed by atoms with Crippen molar-refractivity contribution in [1.82, 2.24) is 0 Å². The van der Waals surface area contributed by atoms with Crippen LogP contribution in [-0.4, -0.2) is 25.3 Å². The number of para-hydroxylation sites is 2. The summed E-state index contributed by atoms with van der Waals surface area (Å²) >= 11 is 0. The van der Waals surface area contributed by atoms with Crippen molar-refractivity contribution in [2.45, 2.75) is 11.8 Å². The van der Waals surface area contributed by atoms with E-state index in [2.05, 4.69) is 4.72 Å². The van der Waals surface area contributed by atoms with Gasteiger partial charge in [0.2, 0.25) is 0 Å². The van der Waals surface area contributed by atoms with Crippen molar-refractivity contribution in [1.29, 1.82) is 0 Å². The van der Waals surface area contributed by atoms with Crippen LogP contribution in [0.25, 0.3) is 0 Å². The Labute approximate surface area is 167 Å². The van der Waals surface area contributed by atoms with Crippen LogP contribution in [0.5, 0.6) is 0 Å². The molecule has 29 heavy (non-hydrogen) atoms. The van der Waals surface area contributed by atoms with E-state index in [1.54, 1.807) is 24.3 Å². The Hall–Kier alpha value is -3.65. The maximum atomic E-state index is 13.0. The molecule has 0 heterocycles. The molecular weight excluding hydrogens is 392 g/mol. The lowest BCUT2D eigenvalue weighted by atomic mass is 9.98. The molecular formula is C21H18N2O5S. The highest BCUT2D eigenvalue weighted by atomic mass is 32.2. The first kappa shape index (κ1) is 20.1. The number of ketones is 1. The smallest absolute Gasteiger partial charge is 0.337 e. The lowest BCUT2D eigenvalue weighted by Gasteiger charge is -2.13. The van der Waals surface area contributed by atoms with Gasteiger partial charge in [0.05, 0.1) is 21.8 Å². The second kappa shape index (κ2) is 7.76. The monoisotopic (exact) mass is 410 g/mol. The van der Waals surface area contributed by atoms with Crippen molar-refractivity contribution in [3.63, 3.8) is 0 Å². The molecule has 0 aliphatic carbocycles. The molecule has 0 saturated carbocycles. The Morgan fingerprint density at radius 2 is 1.45 bits per heavy atom. The predicted octanol–water partition coefficient (Wildman–Crippen LogP) is 3.31. The van der Waals surface area contributed by atoms with Gasteiger partial charge in [-0.3, -0.25) is 9.52 Å².